The molecule has 2 N–H and O–H groups in total. The van der Waals surface area contributed by atoms with E-state index >= 15 is 0 Å². The summed E-state index contributed by atoms with van der Waals surface area (Å²) in [5.74, 6) is 0.210. The quantitative estimate of drug-likeness (QED) is 0.878. The van der Waals surface area contributed by atoms with Crippen LogP contribution in [0.25, 0.3) is 0 Å². The Bertz CT molecular complexity index is 497. The molecule has 1 amide bonds. The second kappa shape index (κ2) is 6.15. The second-order valence-corrected chi connectivity index (χ2v) is 7.42. The number of hydrogen-bond acceptors (Lipinski definition) is 5. The summed E-state index contributed by atoms with van der Waals surface area (Å²) < 4.78 is 5.32. The summed E-state index contributed by atoms with van der Waals surface area (Å²) in [5.41, 5.74) is -0.537. The van der Waals surface area contributed by atoms with Crippen LogP contribution in [0.15, 0.2) is 29.2 Å². The van der Waals surface area contributed by atoms with Gasteiger partial charge in [-0.3, -0.25) is 0 Å². The lowest BCUT2D eigenvalue weighted by atomic mass is 10.2. The van der Waals surface area contributed by atoms with Crippen LogP contribution in [0.5, 0.6) is 5.75 Å². The van der Waals surface area contributed by atoms with Crippen LogP contribution in [-0.4, -0.2) is 51.3 Å². The Morgan fingerprint density at radius 1 is 1.29 bits per heavy atom. The van der Waals surface area contributed by atoms with E-state index < -0.39 is 17.8 Å². The molecule has 1 heterocycles. The van der Waals surface area contributed by atoms with Crippen molar-refractivity contribution in [3.63, 3.8) is 0 Å². The second-order valence-electron chi connectivity index (χ2n) is 6.10. The number of phenolic OH excluding ortho intramolecular Hbond substituents is 1. The van der Waals surface area contributed by atoms with Gasteiger partial charge in [-0.25, -0.2) is 4.79 Å². The van der Waals surface area contributed by atoms with Gasteiger partial charge in [0.25, 0.3) is 0 Å². The number of ether oxygens (including phenoxy) is 1. The van der Waals surface area contributed by atoms with Gasteiger partial charge < -0.3 is 19.8 Å². The summed E-state index contributed by atoms with van der Waals surface area (Å²) in [5, 5.41) is 19.3. The van der Waals surface area contributed by atoms with Crippen molar-refractivity contribution in [2.24, 2.45) is 0 Å². The van der Waals surface area contributed by atoms with E-state index in [1.165, 1.54) is 16.7 Å². The number of carbonyl (C=O) groups excluding carboxylic acids is 1. The van der Waals surface area contributed by atoms with Gasteiger partial charge in [0.15, 0.2) is 0 Å². The molecule has 0 spiro atoms. The standard InChI is InChI=1S/C15H21NO4S/c1-15(2,3)20-14(19)16-8-12(18)13(9-16)21-11-6-4-10(17)5-7-11/h4-7,12-13,17-18H,8-9H2,1-3H3. The van der Waals surface area contributed by atoms with Crippen molar-refractivity contribution in [3.05, 3.63) is 24.3 Å². The van der Waals surface area contributed by atoms with Crippen LogP contribution in [0.2, 0.25) is 0 Å². The molecule has 1 aliphatic rings. The molecule has 1 fully saturated rings. The number of hydrogen-bond donors (Lipinski definition) is 2. The van der Waals surface area contributed by atoms with Gasteiger partial charge in [0, 0.05) is 11.4 Å². The summed E-state index contributed by atoms with van der Waals surface area (Å²) >= 11 is 1.50. The zero-order valence-electron chi connectivity index (χ0n) is 12.4. The molecular formula is C15H21NO4S. The number of phenols is 1. The van der Waals surface area contributed by atoms with Gasteiger partial charge in [-0.05, 0) is 45.0 Å². The smallest absolute Gasteiger partial charge is 0.410 e. The molecule has 2 rings (SSSR count). The minimum atomic E-state index is -0.587. The maximum Gasteiger partial charge on any atom is 0.410 e. The number of aliphatic hydroxyl groups excluding tert-OH is 1. The average Bonchev–Trinajstić information content (AvgIpc) is 2.72. The number of β-amino-alcohol motifs (C(OH)–C–C–N with tert-alkyl or cyclic N) is 1. The molecule has 1 aromatic carbocycles. The van der Waals surface area contributed by atoms with Crippen molar-refractivity contribution in [2.75, 3.05) is 13.1 Å². The van der Waals surface area contributed by atoms with Gasteiger partial charge in [-0.15, -0.1) is 11.8 Å². The minimum absolute atomic E-state index is 0.0953. The lowest BCUT2D eigenvalue weighted by molar-refractivity contribution is 0.0270. The van der Waals surface area contributed by atoms with Crippen LogP contribution in [0.1, 0.15) is 20.8 Å². The maximum absolute atomic E-state index is 12.0. The molecule has 0 aromatic heterocycles. The third-order valence-corrected chi connectivity index (χ3v) is 4.32. The number of rotatable bonds is 2. The molecule has 1 aliphatic heterocycles. The van der Waals surface area contributed by atoms with Crippen molar-refractivity contribution < 1.29 is 19.7 Å². The van der Waals surface area contributed by atoms with Gasteiger partial charge in [-0.2, -0.15) is 0 Å². The molecule has 116 valence electrons. The monoisotopic (exact) mass is 311 g/mol. The number of thioether (sulfide) groups is 1. The first-order valence-corrected chi connectivity index (χ1v) is 7.74. The predicted octanol–water partition coefficient (Wildman–Crippen LogP) is 2.46. The Morgan fingerprint density at radius 2 is 1.90 bits per heavy atom. The van der Waals surface area contributed by atoms with Crippen molar-refractivity contribution in [3.8, 4) is 5.75 Å². The molecule has 2 atom stereocenters. The summed E-state index contributed by atoms with van der Waals surface area (Å²) in [6.07, 6.45) is -0.980. The van der Waals surface area contributed by atoms with E-state index in [0.29, 0.717) is 6.54 Å². The van der Waals surface area contributed by atoms with E-state index in [2.05, 4.69) is 0 Å². The Balaban J connectivity index is 1.94. The normalized spacial score (nSPS) is 22.4. The zero-order chi connectivity index (χ0) is 15.6. The van der Waals surface area contributed by atoms with Crippen LogP contribution < -0.4 is 0 Å². The minimum Gasteiger partial charge on any atom is -0.508 e. The fraction of sp³-hybridized carbons (Fsp3) is 0.533. The topological polar surface area (TPSA) is 70.0 Å². The van der Waals surface area contributed by atoms with Gasteiger partial charge >= 0.3 is 6.09 Å². The van der Waals surface area contributed by atoms with Gasteiger partial charge in [0.2, 0.25) is 0 Å². The van der Waals surface area contributed by atoms with Gasteiger partial charge in [0.1, 0.15) is 11.4 Å². The first-order chi connectivity index (χ1) is 9.74. The number of carbonyl (C=O) groups is 1. The van der Waals surface area contributed by atoms with E-state index in [4.69, 9.17) is 4.74 Å². The third kappa shape index (κ3) is 4.54. The van der Waals surface area contributed by atoms with Crippen molar-refractivity contribution in [1.82, 2.24) is 4.90 Å². The summed E-state index contributed by atoms with van der Waals surface area (Å²) in [6, 6.07) is 6.80. The summed E-state index contributed by atoms with van der Waals surface area (Å²) in [7, 11) is 0. The predicted molar refractivity (Wildman–Crippen MR) is 81.6 cm³/mol. The largest absolute Gasteiger partial charge is 0.508 e. The molecule has 1 saturated heterocycles. The fourth-order valence-electron chi connectivity index (χ4n) is 2.05. The number of aliphatic hydroxyl groups is 1. The van der Waals surface area contributed by atoms with E-state index in [9.17, 15) is 15.0 Å². The highest BCUT2D eigenvalue weighted by molar-refractivity contribution is 8.00. The molecule has 0 bridgehead atoms. The first-order valence-electron chi connectivity index (χ1n) is 6.86. The van der Waals surface area contributed by atoms with Crippen molar-refractivity contribution >= 4 is 17.9 Å². The van der Waals surface area contributed by atoms with Crippen LogP contribution in [-0.2, 0) is 4.74 Å². The summed E-state index contributed by atoms with van der Waals surface area (Å²) in [4.78, 5) is 14.5. The Labute approximate surface area is 128 Å². The first kappa shape index (κ1) is 16.0. The van der Waals surface area contributed by atoms with E-state index in [1.807, 2.05) is 20.8 Å². The molecular weight excluding hydrogens is 290 g/mol. The van der Waals surface area contributed by atoms with Gasteiger partial charge in [-0.1, -0.05) is 0 Å². The fourth-order valence-corrected chi connectivity index (χ4v) is 3.19. The lowest BCUT2D eigenvalue weighted by Crippen LogP contribution is -2.35. The third-order valence-electron chi connectivity index (χ3n) is 3.01. The number of aromatic hydroxyl groups is 1. The molecule has 6 heteroatoms. The number of amides is 1. The number of nitrogens with zero attached hydrogens (tertiary/aromatic N) is 1. The highest BCUT2D eigenvalue weighted by atomic mass is 32.2. The molecule has 5 nitrogen and oxygen atoms in total. The summed E-state index contributed by atoms with van der Waals surface area (Å²) in [6.45, 7) is 6.19. The molecule has 2 unspecified atom stereocenters. The zero-order valence-corrected chi connectivity index (χ0v) is 13.3. The number of benzene rings is 1. The van der Waals surface area contributed by atoms with E-state index in [-0.39, 0.29) is 17.5 Å². The Kier molecular flexibility index (Phi) is 4.68. The van der Waals surface area contributed by atoms with Gasteiger partial charge in [0.05, 0.1) is 17.9 Å². The van der Waals surface area contributed by atoms with Crippen LogP contribution in [0.4, 0.5) is 4.79 Å². The SMILES string of the molecule is CC(C)(C)OC(=O)N1CC(O)C(Sc2ccc(O)cc2)C1. The number of likely N-dealkylation sites (tertiary alicyclic amines) is 1. The molecule has 0 radical (unpaired) electrons. The lowest BCUT2D eigenvalue weighted by Gasteiger charge is -2.24. The Morgan fingerprint density at radius 3 is 2.48 bits per heavy atom. The molecule has 21 heavy (non-hydrogen) atoms. The average molecular weight is 311 g/mol. The van der Waals surface area contributed by atoms with Crippen molar-refractivity contribution in [1.29, 1.82) is 0 Å². The Hall–Kier alpha value is -1.40. The highest BCUT2D eigenvalue weighted by Gasteiger charge is 2.36. The molecule has 0 aliphatic carbocycles. The van der Waals surface area contributed by atoms with Crippen LogP contribution >= 0.6 is 11.8 Å². The molecule has 1 aromatic rings. The van der Waals surface area contributed by atoms with Crippen LogP contribution in [0.3, 0.4) is 0 Å². The molecule has 0 saturated carbocycles. The van der Waals surface area contributed by atoms with Crippen molar-refractivity contribution in [2.45, 2.75) is 42.6 Å². The van der Waals surface area contributed by atoms with Crippen LogP contribution in [0, 0.1) is 0 Å². The maximum atomic E-state index is 12.0. The van der Waals surface area contributed by atoms with E-state index in [1.54, 1.807) is 24.3 Å². The highest BCUT2D eigenvalue weighted by Crippen LogP contribution is 2.31. The van der Waals surface area contributed by atoms with E-state index in [0.717, 1.165) is 4.90 Å².